The molecular weight excluding hydrogens is 279 g/mol. The number of aryl methyl sites for hydroxylation is 1. The lowest BCUT2D eigenvalue weighted by Crippen LogP contribution is -2.14. The smallest absolute Gasteiger partial charge is 0.141 e. The van der Waals surface area contributed by atoms with Crippen LogP contribution < -0.4 is 5.32 Å². The number of nitrogens with zero attached hydrogens (tertiary/aromatic N) is 1. The second kappa shape index (κ2) is 9.83. The van der Waals surface area contributed by atoms with Gasteiger partial charge in [0.15, 0.2) is 0 Å². The number of rotatable bonds is 5. The average Bonchev–Trinajstić information content (AvgIpc) is 2.23. The van der Waals surface area contributed by atoms with Gasteiger partial charge in [-0.25, -0.2) is 0 Å². The average molecular weight is 299 g/mol. The molecule has 0 fully saturated rings. The molecule has 1 rings (SSSR count). The Morgan fingerprint density at radius 2 is 2.06 bits per heavy atom. The van der Waals surface area contributed by atoms with Crippen molar-refractivity contribution in [3.8, 4) is 5.75 Å². The molecule has 0 spiro atoms. The summed E-state index contributed by atoms with van der Waals surface area (Å²) in [5.74, 6) is 1.23. The number of aromatic nitrogens is 1. The highest BCUT2D eigenvalue weighted by molar-refractivity contribution is 7.97. The van der Waals surface area contributed by atoms with Crippen molar-refractivity contribution in [3.63, 3.8) is 0 Å². The fourth-order valence-corrected chi connectivity index (χ4v) is 1.97. The van der Waals surface area contributed by atoms with Gasteiger partial charge in [0.2, 0.25) is 0 Å². The van der Waals surface area contributed by atoms with Gasteiger partial charge in [-0.05, 0) is 25.3 Å². The Bertz CT molecular complexity index is 337. The van der Waals surface area contributed by atoms with Gasteiger partial charge in [-0.1, -0.05) is 6.92 Å². The molecule has 0 saturated heterocycles. The van der Waals surface area contributed by atoms with Crippen LogP contribution in [0.4, 0.5) is 0 Å². The predicted molar refractivity (Wildman–Crippen MR) is 79.7 cm³/mol. The molecule has 1 aromatic rings. The summed E-state index contributed by atoms with van der Waals surface area (Å²) in [7, 11) is 0. The summed E-state index contributed by atoms with van der Waals surface area (Å²) in [4.78, 5) is 4.17. The molecule has 0 amide bonds. The van der Waals surface area contributed by atoms with Gasteiger partial charge in [0.1, 0.15) is 5.75 Å². The van der Waals surface area contributed by atoms with Crippen LogP contribution in [0.3, 0.4) is 0 Å². The Labute approximate surface area is 120 Å². The lowest BCUT2D eigenvalue weighted by atomic mass is 10.1. The van der Waals surface area contributed by atoms with Gasteiger partial charge in [0.25, 0.3) is 0 Å². The molecule has 0 saturated carbocycles. The summed E-state index contributed by atoms with van der Waals surface area (Å²) in [5, 5.41) is 13.2. The van der Waals surface area contributed by atoms with Crippen LogP contribution in [-0.4, -0.2) is 22.9 Å². The number of hydrogen-bond donors (Lipinski definition) is 2. The van der Waals surface area contributed by atoms with Gasteiger partial charge < -0.3 is 10.4 Å². The second-order valence-corrected chi connectivity index (χ2v) is 4.28. The molecule has 0 bridgehead atoms. The van der Waals surface area contributed by atoms with E-state index < -0.39 is 0 Å². The number of pyridine rings is 1. The maximum atomic E-state index is 9.92. The van der Waals surface area contributed by atoms with Crippen molar-refractivity contribution in [1.82, 2.24) is 10.3 Å². The third-order valence-electron chi connectivity index (χ3n) is 2.28. The molecule has 100 valence electrons. The summed E-state index contributed by atoms with van der Waals surface area (Å²) in [6, 6.07) is 0. The number of thioether (sulfide) groups is 1. The summed E-state index contributed by atoms with van der Waals surface area (Å²) >= 11 is 1.74. The lowest BCUT2D eigenvalue weighted by Gasteiger charge is -2.12. The number of hydrogen-bond acceptors (Lipinski definition) is 4. The van der Waals surface area contributed by atoms with Crippen LogP contribution in [0.15, 0.2) is 6.20 Å². The quantitative estimate of drug-likeness (QED) is 0.877. The van der Waals surface area contributed by atoms with E-state index in [0.717, 1.165) is 23.4 Å². The van der Waals surface area contributed by atoms with E-state index in [1.807, 2.05) is 19.4 Å². The molecule has 0 aliphatic carbocycles. The third kappa shape index (κ3) is 5.34. The van der Waals surface area contributed by atoms with Crippen molar-refractivity contribution >= 4 is 36.6 Å². The Morgan fingerprint density at radius 3 is 2.59 bits per heavy atom. The fourth-order valence-electron chi connectivity index (χ4n) is 1.41. The third-order valence-corrected chi connectivity index (χ3v) is 2.88. The molecule has 1 heterocycles. The zero-order valence-corrected chi connectivity index (χ0v) is 12.8. The van der Waals surface area contributed by atoms with E-state index in [1.54, 1.807) is 11.8 Å². The largest absolute Gasteiger partial charge is 0.506 e. The first-order valence-corrected chi connectivity index (χ1v) is 6.46. The summed E-state index contributed by atoms with van der Waals surface area (Å²) in [6.45, 7) is 5.49. The number of halogens is 2. The molecule has 0 aromatic carbocycles. The molecule has 1 aromatic heterocycles. The van der Waals surface area contributed by atoms with E-state index in [0.29, 0.717) is 18.0 Å². The first-order valence-electron chi connectivity index (χ1n) is 5.06. The van der Waals surface area contributed by atoms with Gasteiger partial charge in [0, 0.05) is 24.1 Å². The van der Waals surface area contributed by atoms with Crippen LogP contribution in [0.5, 0.6) is 5.75 Å². The molecule has 17 heavy (non-hydrogen) atoms. The zero-order chi connectivity index (χ0) is 11.3. The Morgan fingerprint density at radius 1 is 1.41 bits per heavy atom. The van der Waals surface area contributed by atoms with Crippen molar-refractivity contribution in [3.05, 3.63) is 23.0 Å². The minimum atomic E-state index is 0. The van der Waals surface area contributed by atoms with Gasteiger partial charge in [0.05, 0.1) is 5.69 Å². The predicted octanol–water partition coefficient (Wildman–Crippen LogP) is 2.91. The molecule has 0 radical (unpaired) electrons. The SMILES string of the molecule is CCNCc1c(CSC)cnc(C)c1O.Cl.Cl. The van der Waals surface area contributed by atoms with Gasteiger partial charge in [-0.15, -0.1) is 24.8 Å². The van der Waals surface area contributed by atoms with Crippen molar-refractivity contribution in [1.29, 1.82) is 0 Å². The molecule has 0 unspecified atom stereocenters. The highest BCUT2D eigenvalue weighted by Crippen LogP contribution is 2.25. The molecule has 0 atom stereocenters. The van der Waals surface area contributed by atoms with Crippen LogP contribution >= 0.6 is 36.6 Å². The van der Waals surface area contributed by atoms with E-state index in [2.05, 4.69) is 17.2 Å². The van der Waals surface area contributed by atoms with Gasteiger partial charge >= 0.3 is 0 Å². The standard InChI is InChI=1S/C11H18N2OS.2ClH/c1-4-12-6-10-9(7-15-3)5-13-8(2)11(10)14;;/h5,12,14H,4,6-7H2,1-3H3;2*1H. The first-order chi connectivity index (χ1) is 7.20. The molecular formula is C11H20Cl2N2OS. The minimum Gasteiger partial charge on any atom is -0.506 e. The maximum Gasteiger partial charge on any atom is 0.141 e. The van der Waals surface area contributed by atoms with E-state index in [1.165, 1.54) is 0 Å². The molecule has 6 heteroatoms. The van der Waals surface area contributed by atoms with Crippen molar-refractivity contribution < 1.29 is 5.11 Å². The van der Waals surface area contributed by atoms with E-state index in [4.69, 9.17) is 0 Å². The zero-order valence-electron chi connectivity index (χ0n) is 10.3. The van der Waals surface area contributed by atoms with Crippen molar-refractivity contribution in [2.24, 2.45) is 0 Å². The van der Waals surface area contributed by atoms with Crippen LogP contribution in [0.2, 0.25) is 0 Å². The van der Waals surface area contributed by atoms with Crippen LogP contribution in [0, 0.1) is 6.92 Å². The van der Waals surface area contributed by atoms with Crippen LogP contribution in [-0.2, 0) is 12.3 Å². The summed E-state index contributed by atoms with van der Waals surface area (Å²) in [5.41, 5.74) is 2.80. The first kappa shape index (κ1) is 19.2. The van der Waals surface area contributed by atoms with Crippen LogP contribution in [0.1, 0.15) is 23.7 Å². The minimum absolute atomic E-state index is 0. The van der Waals surface area contributed by atoms with Gasteiger partial charge in [-0.2, -0.15) is 11.8 Å². The van der Waals surface area contributed by atoms with E-state index in [-0.39, 0.29) is 24.8 Å². The maximum absolute atomic E-state index is 9.92. The summed E-state index contributed by atoms with van der Waals surface area (Å²) < 4.78 is 0. The number of aromatic hydroxyl groups is 1. The van der Waals surface area contributed by atoms with Crippen molar-refractivity contribution in [2.45, 2.75) is 26.1 Å². The van der Waals surface area contributed by atoms with E-state index in [9.17, 15) is 5.11 Å². The molecule has 3 nitrogen and oxygen atoms in total. The monoisotopic (exact) mass is 298 g/mol. The molecule has 0 aliphatic rings. The molecule has 0 aliphatic heterocycles. The topological polar surface area (TPSA) is 45.2 Å². The second-order valence-electron chi connectivity index (χ2n) is 3.41. The lowest BCUT2D eigenvalue weighted by molar-refractivity contribution is 0.456. The Balaban J connectivity index is 0. The van der Waals surface area contributed by atoms with E-state index >= 15 is 0 Å². The summed E-state index contributed by atoms with van der Waals surface area (Å²) in [6.07, 6.45) is 3.91. The highest BCUT2D eigenvalue weighted by atomic mass is 35.5. The molecule has 2 N–H and O–H groups in total. The van der Waals surface area contributed by atoms with Gasteiger partial charge in [-0.3, -0.25) is 4.98 Å². The normalized spacial score (nSPS) is 9.35. The van der Waals surface area contributed by atoms with Crippen LogP contribution in [0.25, 0.3) is 0 Å². The Hall–Kier alpha value is -0.160. The number of nitrogens with one attached hydrogen (secondary N) is 1. The highest BCUT2D eigenvalue weighted by Gasteiger charge is 2.10. The van der Waals surface area contributed by atoms with Crippen molar-refractivity contribution in [2.75, 3.05) is 12.8 Å². The fraction of sp³-hybridized carbons (Fsp3) is 0.545. The Kier molecular flexibility index (Phi) is 11.1.